The van der Waals surface area contributed by atoms with Crippen molar-refractivity contribution in [2.24, 2.45) is 4.99 Å². The molecule has 0 atom stereocenters. The molecule has 0 radical (unpaired) electrons. The molecule has 4 nitrogen and oxygen atoms in total. The summed E-state index contributed by atoms with van der Waals surface area (Å²) in [4.78, 5) is 4.55. The molecule has 0 fully saturated rings. The molecular weight excluding hydrogens is 286 g/mol. The third-order valence-electron chi connectivity index (χ3n) is 2.72. The Labute approximate surface area is 132 Å². The standard InChI is InChI=1S/C16H26ClN3O/c1-4-18-16(19-9-6-10-21-13(2)3)20-12-14-7-5-8-15(17)11-14/h5,7-8,11,13H,4,6,9-10,12H2,1-3H3,(H2,18,19,20). The molecule has 0 unspecified atom stereocenters. The average molecular weight is 312 g/mol. The van der Waals surface area contributed by atoms with E-state index in [1.807, 2.05) is 38.1 Å². The van der Waals surface area contributed by atoms with Gasteiger partial charge in [-0.3, -0.25) is 0 Å². The number of aliphatic imine (C=N–C) groups is 1. The zero-order valence-corrected chi connectivity index (χ0v) is 13.9. The van der Waals surface area contributed by atoms with Gasteiger partial charge in [0.05, 0.1) is 12.6 Å². The van der Waals surface area contributed by atoms with E-state index in [1.165, 1.54) is 0 Å². The van der Waals surface area contributed by atoms with Crippen LogP contribution in [-0.4, -0.2) is 31.8 Å². The van der Waals surface area contributed by atoms with Crippen LogP contribution in [0.3, 0.4) is 0 Å². The molecule has 0 heterocycles. The number of hydrogen-bond acceptors (Lipinski definition) is 2. The smallest absolute Gasteiger partial charge is 0.191 e. The molecule has 1 aromatic rings. The number of benzene rings is 1. The lowest BCUT2D eigenvalue weighted by atomic mass is 10.2. The van der Waals surface area contributed by atoms with Gasteiger partial charge in [-0.25, -0.2) is 4.99 Å². The van der Waals surface area contributed by atoms with E-state index in [0.29, 0.717) is 6.54 Å². The largest absolute Gasteiger partial charge is 0.379 e. The second-order valence-electron chi connectivity index (χ2n) is 5.02. The van der Waals surface area contributed by atoms with Crippen LogP contribution in [0.4, 0.5) is 0 Å². The fourth-order valence-corrected chi connectivity index (χ4v) is 1.96. The number of nitrogens with zero attached hydrogens (tertiary/aromatic N) is 1. The van der Waals surface area contributed by atoms with Gasteiger partial charge in [0.2, 0.25) is 0 Å². The van der Waals surface area contributed by atoms with Crippen LogP contribution in [0.2, 0.25) is 5.02 Å². The molecule has 21 heavy (non-hydrogen) atoms. The van der Waals surface area contributed by atoms with Crippen molar-refractivity contribution < 1.29 is 4.74 Å². The van der Waals surface area contributed by atoms with E-state index in [1.54, 1.807) is 0 Å². The van der Waals surface area contributed by atoms with Gasteiger partial charge in [-0.15, -0.1) is 0 Å². The Balaban J connectivity index is 2.39. The zero-order chi connectivity index (χ0) is 15.5. The van der Waals surface area contributed by atoms with E-state index in [-0.39, 0.29) is 6.10 Å². The van der Waals surface area contributed by atoms with E-state index < -0.39 is 0 Å². The lowest BCUT2D eigenvalue weighted by Gasteiger charge is -2.12. The predicted octanol–water partition coefficient (Wildman–Crippen LogP) is 3.21. The highest BCUT2D eigenvalue weighted by Gasteiger charge is 1.99. The molecule has 0 aliphatic heterocycles. The maximum Gasteiger partial charge on any atom is 0.191 e. The van der Waals surface area contributed by atoms with Gasteiger partial charge in [0.1, 0.15) is 0 Å². The summed E-state index contributed by atoms with van der Waals surface area (Å²) in [5.41, 5.74) is 1.10. The number of ether oxygens (including phenoxy) is 1. The van der Waals surface area contributed by atoms with Gasteiger partial charge in [-0.1, -0.05) is 23.7 Å². The van der Waals surface area contributed by atoms with Crippen molar-refractivity contribution in [2.75, 3.05) is 19.7 Å². The van der Waals surface area contributed by atoms with Crippen LogP contribution in [0.15, 0.2) is 29.3 Å². The summed E-state index contributed by atoms with van der Waals surface area (Å²) in [7, 11) is 0. The van der Waals surface area contributed by atoms with Gasteiger partial charge < -0.3 is 15.4 Å². The third-order valence-corrected chi connectivity index (χ3v) is 2.95. The van der Waals surface area contributed by atoms with E-state index in [2.05, 4.69) is 22.5 Å². The van der Waals surface area contributed by atoms with Crippen LogP contribution in [0.5, 0.6) is 0 Å². The highest BCUT2D eigenvalue weighted by molar-refractivity contribution is 6.30. The second-order valence-corrected chi connectivity index (χ2v) is 5.46. The lowest BCUT2D eigenvalue weighted by molar-refractivity contribution is 0.0776. The minimum Gasteiger partial charge on any atom is -0.379 e. The number of guanidine groups is 1. The normalized spacial score (nSPS) is 11.8. The van der Waals surface area contributed by atoms with Crippen LogP contribution in [0.25, 0.3) is 0 Å². The molecule has 5 heteroatoms. The molecule has 2 N–H and O–H groups in total. The van der Waals surface area contributed by atoms with Gasteiger partial charge in [0, 0.05) is 24.7 Å². The highest BCUT2D eigenvalue weighted by Crippen LogP contribution is 2.11. The molecule has 0 saturated heterocycles. The van der Waals surface area contributed by atoms with Gasteiger partial charge in [0.25, 0.3) is 0 Å². The maximum atomic E-state index is 5.97. The third kappa shape index (κ3) is 8.58. The molecule has 0 bridgehead atoms. The summed E-state index contributed by atoms with van der Waals surface area (Å²) in [5, 5.41) is 7.28. The first-order valence-electron chi connectivity index (χ1n) is 7.50. The van der Waals surface area contributed by atoms with Crippen molar-refractivity contribution in [3.05, 3.63) is 34.9 Å². The van der Waals surface area contributed by atoms with Crippen molar-refractivity contribution in [1.29, 1.82) is 0 Å². The molecule has 1 rings (SSSR count). The molecule has 0 spiro atoms. The number of halogens is 1. The van der Waals surface area contributed by atoms with Crippen LogP contribution < -0.4 is 10.6 Å². The number of rotatable bonds is 8. The van der Waals surface area contributed by atoms with E-state index >= 15 is 0 Å². The predicted molar refractivity (Wildman–Crippen MR) is 90.0 cm³/mol. The van der Waals surface area contributed by atoms with Crippen molar-refractivity contribution >= 4 is 17.6 Å². The molecule has 0 saturated carbocycles. The quantitative estimate of drug-likeness (QED) is 0.440. The highest BCUT2D eigenvalue weighted by atomic mass is 35.5. The number of hydrogen-bond donors (Lipinski definition) is 2. The Morgan fingerprint density at radius 1 is 1.33 bits per heavy atom. The van der Waals surface area contributed by atoms with Crippen LogP contribution in [0.1, 0.15) is 32.8 Å². The first-order chi connectivity index (χ1) is 10.1. The molecule has 0 aromatic heterocycles. The summed E-state index contributed by atoms with van der Waals surface area (Å²) in [6.07, 6.45) is 1.24. The second kappa shape index (κ2) is 10.5. The topological polar surface area (TPSA) is 45.7 Å². The molecule has 0 amide bonds. The lowest BCUT2D eigenvalue weighted by Crippen LogP contribution is -2.38. The van der Waals surface area contributed by atoms with Gasteiger partial charge in [-0.2, -0.15) is 0 Å². The van der Waals surface area contributed by atoms with Crippen molar-refractivity contribution in [2.45, 2.75) is 39.8 Å². The Morgan fingerprint density at radius 2 is 2.14 bits per heavy atom. The molecule has 0 aliphatic carbocycles. The fourth-order valence-electron chi connectivity index (χ4n) is 1.75. The minimum atomic E-state index is 0.287. The fraction of sp³-hybridized carbons (Fsp3) is 0.562. The molecule has 118 valence electrons. The molecule has 1 aromatic carbocycles. The van der Waals surface area contributed by atoms with Crippen LogP contribution >= 0.6 is 11.6 Å². The minimum absolute atomic E-state index is 0.287. The Bertz CT molecular complexity index is 435. The maximum absolute atomic E-state index is 5.97. The average Bonchev–Trinajstić information content (AvgIpc) is 2.44. The van der Waals surface area contributed by atoms with Crippen molar-refractivity contribution in [3.8, 4) is 0 Å². The molecule has 0 aliphatic rings. The Hall–Kier alpha value is -1.26. The van der Waals surface area contributed by atoms with E-state index in [0.717, 1.165) is 42.7 Å². The summed E-state index contributed by atoms with van der Waals surface area (Å²) in [6, 6.07) is 7.77. The van der Waals surface area contributed by atoms with Gasteiger partial charge >= 0.3 is 0 Å². The van der Waals surface area contributed by atoms with E-state index in [9.17, 15) is 0 Å². The monoisotopic (exact) mass is 311 g/mol. The van der Waals surface area contributed by atoms with Crippen molar-refractivity contribution in [1.82, 2.24) is 10.6 Å². The summed E-state index contributed by atoms with van der Waals surface area (Å²) >= 11 is 5.97. The SMILES string of the molecule is CCNC(=NCc1cccc(Cl)c1)NCCCOC(C)C. The Kier molecular flexibility index (Phi) is 8.87. The summed E-state index contributed by atoms with van der Waals surface area (Å²) in [5.74, 6) is 0.821. The summed E-state index contributed by atoms with van der Waals surface area (Å²) < 4.78 is 5.51. The number of nitrogens with one attached hydrogen (secondary N) is 2. The van der Waals surface area contributed by atoms with Crippen LogP contribution in [0, 0.1) is 0 Å². The Morgan fingerprint density at radius 3 is 2.81 bits per heavy atom. The van der Waals surface area contributed by atoms with Crippen LogP contribution in [-0.2, 0) is 11.3 Å². The molecular formula is C16H26ClN3O. The van der Waals surface area contributed by atoms with Gasteiger partial charge in [-0.05, 0) is 44.9 Å². The first kappa shape index (κ1) is 17.8. The van der Waals surface area contributed by atoms with Crippen molar-refractivity contribution in [3.63, 3.8) is 0 Å². The first-order valence-corrected chi connectivity index (χ1v) is 7.87. The summed E-state index contributed by atoms with van der Waals surface area (Å²) in [6.45, 7) is 9.20. The van der Waals surface area contributed by atoms with E-state index in [4.69, 9.17) is 16.3 Å². The van der Waals surface area contributed by atoms with Gasteiger partial charge in [0.15, 0.2) is 5.96 Å². The zero-order valence-electron chi connectivity index (χ0n) is 13.2.